The van der Waals surface area contributed by atoms with Gasteiger partial charge >= 0.3 is 12.0 Å². The minimum atomic E-state index is -0.903. The number of carbonyl (C=O) groups is 3. The van der Waals surface area contributed by atoms with Gasteiger partial charge in [-0.1, -0.05) is 78.9 Å². The monoisotopic (exact) mass is 499 g/mol. The summed E-state index contributed by atoms with van der Waals surface area (Å²) in [4.78, 5) is 42.2. The number of benzene rings is 3. The van der Waals surface area contributed by atoms with E-state index in [-0.39, 0.29) is 23.8 Å². The van der Waals surface area contributed by atoms with Crippen LogP contribution in [0.15, 0.2) is 91.0 Å². The van der Waals surface area contributed by atoms with Gasteiger partial charge in [0, 0.05) is 31.9 Å². The van der Waals surface area contributed by atoms with E-state index < -0.39 is 6.10 Å². The Bertz CT molecular complexity index is 1120. The lowest BCUT2D eigenvalue weighted by molar-refractivity contribution is -0.164. The third kappa shape index (κ3) is 7.43. The molecule has 192 valence electrons. The van der Waals surface area contributed by atoms with Crippen molar-refractivity contribution >= 4 is 23.6 Å². The van der Waals surface area contributed by atoms with E-state index in [2.05, 4.69) is 5.32 Å². The third-order valence-electron chi connectivity index (χ3n) is 6.53. The van der Waals surface area contributed by atoms with Gasteiger partial charge in [-0.05, 0) is 43.0 Å². The van der Waals surface area contributed by atoms with E-state index in [0.717, 1.165) is 16.8 Å². The number of urea groups is 1. The number of esters is 1. The molecule has 3 aromatic rings. The first-order chi connectivity index (χ1) is 18.0. The van der Waals surface area contributed by atoms with Gasteiger partial charge in [-0.2, -0.15) is 0 Å². The molecular weight excluding hydrogens is 466 g/mol. The number of hydrogen-bond donors (Lipinski definition) is 1. The minimum Gasteiger partial charge on any atom is -0.452 e. The number of nitrogens with one attached hydrogen (secondary N) is 1. The molecule has 1 aliphatic rings. The summed E-state index contributed by atoms with van der Waals surface area (Å²) in [6.45, 7) is 3.38. The first-order valence-electron chi connectivity index (χ1n) is 12.7. The molecule has 0 bridgehead atoms. The summed E-state index contributed by atoms with van der Waals surface area (Å²) in [6, 6.07) is 28.6. The van der Waals surface area contributed by atoms with Crippen LogP contribution in [0.5, 0.6) is 0 Å². The molecule has 0 aliphatic carbocycles. The van der Waals surface area contributed by atoms with Crippen LogP contribution < -0.4 is 5.32 Å². The smallest absolute Gasteiger partial charge is 0.321 e. The van der Waals surface area contributed by atoms with E-state index >= 15 is 0 Å². The molecule has 0 saturated carbocycles. The SMILES string of the molecule is CC(OC(=O)C1CCN(C(=O)Nc2ccccc2)CC1)C(=O)N(Cc1ccccc1)Cc1ccccc1. The molecule has 7 heteroatoms. The van der Waals surface area contributed by atoms with Gasteiger partial charge in [-0.25, -0.2) is 4.79 Å². The Hall–Kier alpha value is -4.13. The van der Waals surface area contributed by atoms with Crippen LogP contribution in [-0.2, 0) is 27.4 Å². The average molecular weight is 500 g/mol. The number of anilines is 1. The fraction of sp³-hybridized carbons (Fsp3) is 0.300. The number of carbonyl (C=O) groups excluding carboxylic acids is 3. The molecule has 7 nitrogen and oxygen atoms in total. The van der Waals surface area contributed by atoms with Crippen molar-refractivity contribution in [2.24, 2.45) is 5.92 Å². The van der Waals surface area contributed by atoms with Crippen molar-refractivity contribution < 1.29 is 19.1 Å². The second-order valence-electron chi connectivity index (χ2n) is 9.30. The third-order valence-corrected chi connectivity index (χ3v) is 6.53. The van der Waals surface area contributed by atoms with E-state index in [1.165, 1.54) is 0 Å². The number of hydrogen-bond acceptors (Lipinski definition) is 4. The van der Waals surface area contributed by atoms with Crippen molar-refractivity contribution in [3.8, 4) is 0 Å². The van der Waals surface area contributed by atoms with Crippen molar-refractivity contribution in [1.29, 1.82) is 0 Å². The van der Waals surface area contributed by atoms with E-state index in [4.69, 9.17) is 4.74 Å². The molecule has 0 aromatic heterocycles. The maximum atomic E-state index is 13.4. The second-order valence-corrected chi connectivity index (χ2v) is 9.30. The summed E-state index contributed by atoms with van der Waals surface area (Å²) < 4.78 is 5.65. The van der Waals surface area contributed by atoms with Gasteiger partial charge in [0.15, 0.2) is 6.10 Å². The van der Waals surface area contributed by atoms with E-state index in [9.17, 15) is 14.4 Å². The number of para-hydroxylation sites is 1. The molecule has 1 saturated heterocycles. The average Bonchev–Trinajstić information content (AvgIpc) is 2.94. The number of amides is 3. The summed E-state index contributed by atoms with van der Waals surface area (Å²) >= 11 is 0. The molecule has 0 spiro atoms. The molecule has 1 heterocycles. The number of nitrogens with zero attached hydrogens (tertiary/aromatic N) is 2. The van der Waals surface area contributed by atoms with Crippen molar-refractivity contribution in [1.82, 2.24) is 9.80 Å². The van der Waals surface area contributed by atoms with Crippen molar-refractivity contribution in [2.45, 2.75) is 39.0 Å². The summed E-state index contributed by atoms with van der Waals surface area (Å²) in [6.07, 6.45) is 0.0960. The van der Waals surface area contributed by atoms with Crippen molar-refractivity contribution in [2.75, 3.05) is 18.4 Å². The summed E-state index contributed by atoms with van der Waals surface area (Å²) in [5, 5.41) is 2.88. The lowest BCUT2D eigenvalue weighted by atomic mass is 9.97. The fourth-order valence-corrected chi connectivity index (χ4v) is 4.44. The molecule has 1 N–H and O–H groups in total. The fourth-order valence-electron chi connectivity index (χ4n) is 4.44. The number of piperidine rings is 1. The van der Waals surface area contributed by atoms with Crippen LogP contribution in [0.2, 0.25) is 0 Å². The van der Waals surface area contributed by atoms with Gasteiger partial charge in [-0.3, -0.25) is 9.59 Å². The maximum Gasteiger partial charge on any atom is 0.321 e. The second kappa shape index (κ2) is 12.7. The highest BCUT2D eigenvalue weighted by Crippen LogP contribution is 2.21. The normalized spacial score (nSPS) is 14.5. The topological polar surface area (TPSA) is 79.0 Å². The molecule has 1 unspecified atom stereocenters. The molecule has 4 rings (SSSR count). The largest absolute Gasteiger partial charge is 0.452 e. The highest BCUT2D eigenvalue weighted by molar-refractivity contribution is 5.89. The zero-order valence-electron chi connectivity index (χ0n) is 21.1. The van der Waals surface area contributed by atoms with Crippen LogP contribution in [0.3, 0.4) is 0 Å². The van der Waals surface area contributed by atoms with E-state index in [1.54, 1.807) is 16.7 Å². The standard InChI is InChI=1S/C30H33N3O4/c1-23(28(34)33(21-24-11-5-2-6-12-24)22-25-13-7-3-8-14-25)37-29(35)26-17-19-32(20-18-26)30(36)31-27-15-9-4-10-16-27/h2-16,23,26H,17-22H2,1H3,(H,31,36). The van der Waals surface area contributed by atoms with Gasteiger partial charge in [0.2, 0.25) is 0 Å². The number of ether oxygens (including phenoxy) is 1. The first-order valence-corrected chi connectivity index (χ1v) is 12.7. The quantitative estimate of drug-likeness (QED) is 0.438. The molecule has 3 amide bonds. The van der Waals surface area contributed by atoms with Gasteiger partial charge in [0.25, 0.3) is 5.91 Å². The Kier molecular flexibility index (Phi) is 8.92. The summed E-state index contributed by atoms with van der Waals surface area (Å²) in [7, 11) is 0. The lowest BCUT2D eigenvalue weighted by Crippen LogP contribution is -2.44. The van der Waals surface area contributed by atoms with Crippen LogP contribution in [0, 0.1) is 5.92 Å². The van der Waals surface area contributed by atoms with Gasteiger partial charge in [0.05, 0.1) is 5.92 Å². The predicted molar refractivity (Wildman–Crippen MR) is 142 cm³/mol. The summed E-state index contributed by atoms with van der Waals surface area (Å²) in [5.41, 5.74) is 2.75. The van der Waals surface area contributed by atoms with E-state index in [1.807, 2.05) is 91.0 Å². The molecule has 0 radical (unpaired) electrons. The minimum absolute atomic E-state index is 0.181. The van der Waals surface area contributed by atoms with Crippen molar-refractivity contribution in [3.05, 3.63) is 102 Å². The van der Waals surface area contributed by atoms with Crippen LogP contribution in [0.1, 0.15) is 30.9 Å². The number of likely N-dealkylation sites (tertiary alicyclic amines) is 1. The van der Waals surface area contributed by atoms with Gasteiger partial charge < -0.3 is 19.9 Å². The van der Waals surface area contributed by atoms with Crippen LogP contribution in [0.4, 0.5) is 10.5 Å². The van der Waals surface area contributed by atoms with Gasteiger partial charge in [-0.15, -0.1) is 0 Å². The van der Waals surface area contributed by atoms with Crippen molar-refractivity contribution in [3.63, 3.8) is 0 Å². The molecule has 37 heavy (non-hydrogen) atoms. The van der Waals surface area contributed by atoms with Crippen LogP contribution >= 0.6 is 0 Å². The number of rotatable bonds is 8. The summed E-state index contributed by atoms with van der Waals surface area (Å²) in [5.74, 6) is -0.961. The molecular formula is C30H33N3O4. The van der Waals surface area contributed by atoms with Crippen LogP contribution in [-0.4, -0.2) is 46.9 Å². The maximum absolute atomic E-state index is 13.4. The van der Waals surface area contributed by atoms with Gasteiger partial charge in [0.1, 0.15) is 0 Å². The Balaban J connectivity index is 1.31. The Morgan fingerprint density at radius 2 is 1.32 bits per heavy atom. The Labute approximate surface area is 218 Å². The molecule has 1 fully saturated rings. The highest BCUT2D eigenvalue weighted by atomic mass is 16.5. The predicted octanol–water partition coefficient (Wildman–Crippen LogP) is 5.09. The Morgan fingerprint density at radius 1 is 0.838 bits per heavy atom. The Morgan fingerprint density at radius 3 is 1.84 bits per heavy atom. The molecule has 1 aliphatic heterocycles. The zero-order chi connectivity index (χ0) is 26.0. The molecule has 1 atom stereocenters. The lowest BCUT2D eigenvalue weighted by Gasteiger charge is -2.32. The van der Waals surface area contributed by atoms with Crippen LogP contribution in [0.25, 0.3) is 0 Å². The van der Waals surface area contributed by atoms with E-state index in [0.29, 0.717) is 39.0 Å². The highest BCUT2D eigenvalue weighted by Gasteiger charge is 2.31. The molecule has 3 aromatic carbocycles. The first kappa shape index (κ1) is 25.9. The zero-order valence-corrected chi connectivity index (χ0v) is 21.1.